The van der Waals surface area contributed by atoms with E-state index in [-0.39, 0.29) is 18.2 Å². The standard InChI is InChI=1S/C14H17F4NO2/c1-4-21-13(20)12(19-8(2)3)10-6-5-9(15)7-11(10)14(16,17)18/h5-8,12,19H,4H2,1-3H3. The number of carbonyl (C=O) groups excluding carboxylic acids is 1. The van der Waals surface area contributed by atoms with E-state index in [4.69, 9.17) is 4.74 Å². The second kappa shape index (κ2) is 6.89. The average molecular weight is 307 g/mol. The van der Waals surface area contributed by atoms with Gasteiger partial charge in [-0.1, -0.05) is 6.07 Å². The van der Waals surface area contributed by atoms with Crippen LogP contribution >= 0.6 is 0 Å². The highest BCUT2D eigenvalue weighted by molar-refractivity contribution is 5.78. The number of esters is 1. The Labute approximate surface area is 120 Å². The topological polar surface area (TPSA) is 38.3 Å². The van der Waals surface area contributed by atoms with E-state index in [1.54, 1.807) is 20.8 Å². The lowest BCUT2D eigenvalue weighted by atomic mass is 9.99. The van der Waals surface area contributed by atoms with Gasteiger partial charge in [0.1, 0.15) is 11.9 Å². The minimum absolute atomic E-state index is 0.0393. The molecule has 0 heterocycles. The molecule has 0 aromatic heterocycles. The van der Waals surface area contributed by atoms with Crippen molar-refractivity contribution < 1.29 is 27.1 Å². The highest BCUT2D eigenvalue weighted by Gasteiger charge is 2.38. The molecule has 1 aromatic rings. The van der Waals surface area contributed by atoms with E-state index >= 15 is 0 Å². The number of halogens is 4. The highest BCUT2D eigenvalue weighted by Crippen LogP contribution is 2.35. The summed E-state index contributed by atoms with van der Waals surface area (Å²) in [5.41, 5.74) is -1.54. The molecule has 0 radical (unpaired) electrons. The van der Waals surface area contributed by atoms with Crippen molar-refractivity contribution in [1.82, 2.24) is 5.32 Å². The maximum atomic E-state index is 13.1. The van der Waals surface area contributed by atoms with Crippen molar-refractivity contribution in [2.45, 2.75) is 39.0 Å². The molecule has 3 nitrogen and oxygen atoms in total. The fourth-order valence-electron chi connectivity index (χ4n) is 1.87. The van der Waals surface area contributed by atoms with Crippen LogP contribution in [0.1, 0.15) is 37.9 Å². The fourth-order valence-corrected chi connectivity index (χ4v) is 1.87. The van der Waals surface area contributed by atoms with Gasteiger partial charge in [0.25, 0.3) is 0 Å². The number of alkyl halides is 3. The molecule has 0 fully saturated rings. The zero-order valence-corrected chi connectivity index (χ0v) is 11.9. The summed E-state index contributed by atoms with van der Waals surface area (Å²) in [6.07, 6.45) is -4.76. The number of carbonyl (C=O) groups is 1. The molecule has 1 aromatic carbocycles. The van der Waals surface area contributed by atoms with Crippen molar-refractivity contribution >= 4 is 5.97 Å². The molecule has 0 amide bonds. The van der Waals surface area contributed by atoms with E-state index in [1.165, 1.54) is 0 Å². The Bertz CT molecular complexity index is 500. The van der Waals surface area contributed by atoms with E-state index < -0.39 is 29.6 Å². The molecule has 0 saturated carbocycles. The second-order valence-electron chi connectivity index (χ2n) is 4.74. The molecule has 0 aliphatic rings. The van der Waals surface area contributed by atoms with Crippen LogP contribution in [0, 0.1) is 5.82 Å². The van der Waals surface area contributed by atoms with E-state index in [2.05, 4.69) is 5.32 Å². The average Bonchev–Trinajstić information content (AvgIpc) is 2.35. The zero-order chi connectivity index (χ0) is 16.2. The predicted molar refractivity (Wildman–Crippen MR) is 69.0 cm³/mol. The molecule has 0 spiro atoms. The molecular formula is C14H17F4NO2. The largest absolute Gasteiger partial charge is 0.465 e. The highest BCUT2D eigenvalue weighted by atomic mass is 19.4. The minimum atomic E-state index is -4.76. The predicted octanol–water partition coefficient (Wildman–Crippen LogP) is 3.45. The lowest BCUT2D eigenvalue weighted by Gasteiger charge is -2.23. The van der Waals surface area contributed by atoms with Gasteiger partial charge in [-0.05, 0) is 38.5 Å². The Morgan fingerprint density at radius 1 is 1.33 bits per heavy atom. The molecule has 0 saturated heterocycles. The van der Waals surface area contributed by atoms with Crippen LogP contribution < -0.4 is 5.32 Å². The first-order valence-electron chi connectivity index (χ1n) is 6.46. The Morgan fingerprint density at radius 2 is 1.95 bits per heavy atom. The van der Waals surface area contributed by atoms with Crippen LogP contribution in [0.3, 0.4) is 0 Å². The quantitative estimate of drug-likeness (QED) is 0.669. The maximum Gasteiger partial charge on any atom is 0.416 e. The summed E-state index contributed by atoms with van der Waals surface area (Å²) in [4.78, 5) is 11.9. The third-order valence-corrected chi connectivity index (χ3v) is 2.65. The van der Waals surface area contributed by atoms with Crippen LogP contribution in [0.15, 0.2) is 18.2 Å². The molecule has 0 aliphatic heterocycles. The molecular weight excluding hydrogens is 290 g/mol. The molecule has 0 aliphatic carbocycles. The van der Waals surface area contributed by atoms with Crippen LogP contribution in [-0.2, 0) is 15.7 Å². The van der Waals surface area contributed by atoms with Gasteiger partial charge in [-0.15, -0.1) is 0 Å². The summed E-state index contributed by atoms with van der Waals surface area (Å²) in [7, 11) is 0. The summed E-state index contributed by atoms with van der Waals surface area (Å²) in [6.45, 7) is 4.96. The van der Waals surface area contributed by atoms with Gasteiger partial charge in [-0.25, -0.2) is 9.18 Å². The van der Waals surface area contributed by atoms with Crippen molar-refractivity contribution in [3.8, 4) is 0 Å². The lowest BCUT2D eigenvalue weighted by Crippen LogP contribution is -2.36. The fraction of sp³-hybridized carbons (Fsp3) is 0.500. The van der Waals surface area contributed by atoms with Gasteiger partial charge in [0.2, 0.25) is 0 Å². The zero-order valence-electron chi connectivity index (χ0n) is 11.9. The summed E-state index contributed by atoms with van der Waals surface area (Å²) >= 11 is 0. The van der Waals surface area contributed by atoms with Gasteiger partial charge in [0, 0.05) is 6.04 Å². The number of nitrogens with one attached hydrogen (secondary N) is 1. The molecule has 7 heteroatoms. The van der Waals surface area contributed by atoms with Crippen LogP contribution in [0.2, 0.25) is 0 Å². The SMILES string of the molecule is CCOC(=O)C(NC(C)C)c1ccc(F)cc1C(F)(F)F. The first kappa shape index (κ1) is 17.4. The second-order valence-corrected chi connectivity index (χ2v) is 4.74. The molecule has 21 heavy (non-hydrogen) atoms. The number of hydrogen-bond donors (Lipinski definition) is 1. The lowest BCUT2D eigenvalue weighted by molar-refractivity contribution is -0.147. The van der Waals surface area contributed by atoms with E-state index in [9.17, 15) is 22.4 Å². The third-order valence-electron chi connectivity index (χ3n) is 2.65. The molecule has 1 N–H and O–H groups in total. The minimum Gasteiger partial charge on any atom is -0.465 e. The van der Waals surface area contributed by atoms with Crippen molar-refractivity contribution in [3.63, 3.8) is 0 Å². The van der Waals surface area contributed by atoms with E-state index in [1.807, 2.05) is 0 Å². The number of benzene rings is 1. The van der Waals surface area contributed by atoms with Crippen molar-refractivity contribution in [2.75, 3.05) is 6.61 Å². The third kappa shape index (κ3) is 4.70. The Morgan fingerprint density at radius 3 is 2.43 bits per heavy atom. The summed E-state index contributed by atoms with van der Waals surface area (Å²) in [5, 5.41) is 2.72. The molecule has 1 rings (SSSR count). The van der Waals surface area contributed by atoms with Crippen molar-refractivity contribution in [1.29, 1.82) is 0 Å². The van der Waals surface area contributed by atoms with Gasteiger partial charge < -0.3 is 4.74 Å². The molecule has 1 atom stereocenters. The van der Waals surface area contributed by atoms with Crippen LogP contribution in [0.5, 0.6) is 0 Å². The Hall–Kier alpha value is -1.63. The van der Waals surface area contributed by atoms with Crippen LogP contribution in [0.25, 0.3) is 0 Å². The smallest absolute Gasteiger partial charge is 0.416 e. The number of rotatable bonds is 5. The summed E-state index contributed by atoms with van der Waals surface area (Å²) < 4.78 is 57.0. The van der Waals surface area contributed by atoms with Gasteiger partial charge in [-0.2, -0.15) is 13.2 Å². The first-order chi connectivity index (χ1) is 9.66. The number of hydrogen-bond acceptors (Lipinski definition) is 3. The van der Waals surface area contributed by atoms with Gasteiger partial charge in [0.05, 0.1) is 12.2 Å². The molecule has 118 valence electrons. The van der Waals surface area contributed by atoms with Crippen molar-refractivity contribution in [2.24, 2.45) is 0 Å². The number of ether oxygens (including phenoxy) is 1. The van der Waals surface area contributed by atoms with Gasteiger partial charge in [-0.3, -0.25) is 5.32 Å². The van der Waals surface area contributed by atoms with Crippen LogP contribution in [0.4, 0.5) is 17.6 Å². The normalized spacial score (nSPS) is 13.3. The first-order valence-corrected chi connectivity index (χ1v) is 6.46. The monoisotopic (exact) mass is 307 g/mol. The molecule has 0 bridgehead atoms. The Balaban J connectivity index is 3.33. The summed E-state index contributed by atoms with van der Waals surface area (Å²) in [6, 6.07) is 0.657. The summed E-state index contributed by atoms with van der Waals surface area (Å²) in [5.74, 6) is -1.85. The van der Waals surface area contributed by atoms with Gasteiger partial charge >= 0.3 is 12.1 Å². The Kier molecular flexibility index (Phi) is 5.71. The maximum absolute atomic E-state index is 13.1. The van der Waals surface area contributed by atoms with E-state index in [0.717, 1.165) is 12.1 Å². The molecule has 1 unspecified atom stereocenters. The van der Waals surface area contributed by atoms with Crippen LogP contribution in [-0.4, -0.2) is 18.6 Å². The van der Waals surface area contributed by atoms with E-state index in [0.29, 0.717) is 6.07 Å². The van der Waals surface area contributed by atoms with Gasteiger partial charge in [0.15, 0.2) is 0 Å². The van der Waals surface area contributed by atoms with Crippen molar-refractivity contribution in [3.05, 3.63) is 35.1 Å².